The molecule has 0 saturated carbocycles. The molecule has 0 heterocycles. The Kier molecular flexibility index (Phi) is 5.84. The monoisotopic (exact) mass is 326 g/mol. The Hall–Kier alpha value is -3.42. The summed E-state index contributed by atoms with van der Waals surface area (Å²) >= 11 is 0. The molecule has 2 aromatic rings. The molecule has 2 rings (SSSR count). The van der Waals surface area contributed by atoms with E-state index in [2.05, 4.69) is 20.5 Å². The van der Waals surface area contributed by atoms with Crippen molar-refractivity contribution in [3.05, 3.63) is 36.4 Å². The third-order valence-electron chi connectivity index (χ3n) is 3.12. The summed E-state index contributed by atoms with van der Waals surface area (Å²) in [5.41, 5.74) is 2.57. The first-order valence-corrected chi connectivity index (χ1v) is 6.79. The molecular formula is C16H14N4O4. The Morgan fingerprint density at radius 2 is 1.17 bits per heavy atom. The Labute approximate surface area is 137 Å². The van der Waals surface area contributed by atoms with Crippen molar-refractivity contribution in [1.29, 1.82) is 0 Å². The molecule has 0 unspecified atom stereocenters. The number of rotatable bonds is 7. The number of ether oxygens (including phenoxy) is 2. The average Bonchev–Trinajstić information content (AvgIpc) is 2.64. The van der Waals surface area contributed by atoms with Gasteiger partial charge in [0.1, 0.15) is 22.9 Å². The third kappa shape index (κ3) is 3.86. The van der Waals surface area contributed by atoms with Crippen molar-refractivity contribution in [1.82, 2.24) is 0 Å². The predicted molar refractivity (Wildman–Crippen MR) is 86.1 cm³/mol. The molecule has 2 aromatic carbocycles. The minimum Gasteiger partial charge on any atom is -0.494 e. The summed E-state index contributed by atoms with van der Waals surface area (Å²) in [4.78, 5) is 20.6. The molecule has 8 nitrogen and oxygen atoms in total. The lowest BCUT2D eigenvalue weighted by Crippen LogP contribution is -1.88. The predicted octanol–water partition coefficient (Wildman–Crippen LogP) is 3.85. The van der Waals surface area contributed by atoms with Gasteiger partial charge in [-0.2, -0.15) is 0 Å². The number of carbonyl (C=O) groups excluding carboxylic acids is 2. The molecule has 0 aromatic heterocycles. The average molecular weight is 326 g/mol. The quantitative estimate of drug-likeness (QED) is 0.569. The normalized spacial score (nSPS) is 10.9. The van der Waals surface area contributed by atoms with Gasteiger partial charge in [-0.15, -0.1) is 20.5 Å². The zero-order valence-corrected chi connectivity index (χ0v) is 13.0. The van der Waals surface area contributed by atoms with Gasteiger partial charge in [-0.1, -0.05) is 12.1 Å². The number of azo groups is 2. The number of carbonyl (C=O) groups is 2. The smallest absolute Gasteiger partial charge is 0.252 e. The highest BCUT2D eigenvalue weighted by molar-refractivity contribution is 5.73. The van der Waals surface area contributed by atoms with Crippen LogP contribution >= 0.6 is 0 Å². The van der Waals surface area contributed by atoms with E-state index in [-0.39, 0.29) is 0 Å². The number of methoxy groups -OCH3 is 2. The van der Waals surface area contributed by atoms with E-state index in [0.29, 0.717) is 35.7 Å². The van der Waals surface area contributed by atoms with Crippen molar-refractivity contribution in [2.45, 2.75) is 0 Å². The van der Waals surface area contributed by atoms with Crippen molar-refractivity contribution < 1.29 is 19.1 Å². The van der Waals surface area contributed by atoms with Gasteiger partial charge in [0, 0.05) is 0 Å². The lowest BCUT2D eigenvalue weighted by atomic mass is 10.0. The fraction of sp³-hybridized carbons (Fsp3) is 0.125. The zero-order valence-electron chi connectivity index (χ0n) is 13.0. The summed E-state index contributed by atoms with van der Waals surface area (Å²) in [6.07, 6.45) is 0.704. The molecule has 0 N–H and O–H groups in total. The van der Waals surface area contributed by atoms with Crippen molar-refractivity contribution in [3.63, 3.8) is 0 Å². The summed E-state index contributed by atoms with van der Waals surface area (Å²) < 4.78 is 10.5. The number of benzene rings is 2. The second-order valence-electron chi connectivity index (χ2n) is 4.42. The van der Waals surface area contributed by atoms with Gasteiger partial charge >= 0.3 is 0 Å². The van der Waals surface area contributed by atoms with Crippen LogP contribution in [-0.2, 0) is 9.59 Å². The van der Waals surface area contributed by atoms with Crippen LogP contribution in [0.15, 0.2) is 56.9 Å². The van der Waals surface area contributed by atoms with Crippen LogP contribution in [0.2, 0.25) is 0 Å². The highest BCUT2D eigenvalue weighted by Crippen LogP contribution is 2.36. The fourth-order valence-corrected chi connectivity index (χ4v) is 2.05. The van der Waals surface area contributed by atoms with Gasteiger partial charge < -0.3 is 9.47 Å². The maximum Gasteiger partial charge on any atom is 0.252 e. The summed E-state index contributed by atoms with van der Waals surface area (Å²) in [5, 5.41) is 14.1. The first kappa shape index (κ1) is 16.9. The molecule has 8 heteroatoms. The second-order valence-corrected chi connectivity index (χ2v) is 4.42. The Bertz CT molecular complexity index is 735. The Balaban J connectivity index is 2.44. The van der Waals surface area contributed by atoms with E-state index in [1.165, 1.54) is 14.2 Å². The number of nitrogens with zero attached hydrogens (tertiary/aromatic N) is 4. The molecule has 122 valence electrons. The molecule has 0 spiro atoms. The maximum absolute atomic E-state index is 10.3. The van der Waals surface area contributed by atoms with Crippen LogP contribution in [0, 0.1) is 0 Å². The van der Waals surface area contributed by atoms with Gasteiger partial charge in [0.25, 0.3) is 12.8 Å². The largest absolute Gasteiger partial charge is 0.494 e. The van der Waals surface area contributed by atoms with Crippen molar-refractivity contribution in [2.75, 3.05) is 14.2 Å². The maximum atomic E-state index is 10.3. The van der Waals surface area contributed by atoms with E-state index in [1.807, 2.05) is 12.1 Å². The number of hydrogen-bond donors (Lipinski definition) is 0. The molecule has 0 atom stereocenters. The van der Waals surface area contributed by atoms with Gasteiger partial charge in [0.15, 0.2) is 0 Å². The van der Waals surface area contributed by atoms with Gasteiger partial charge in [-0.05, 0) is 35.4 Å². The van der Waals surface area contributed by atoms with E-state index in [4.69, 9.17) is 9.47 Å². The topological polar surface area (TPSA) is 102 Å². The van der Waals surface area contributed by atoms with Gasteiger partial charge in [-0.25, -0.2) is 0 Å². The van der Waals surface area contributed by atoms with E-state index in [1.54, 1.807) is 24.3 Å². The minimum atomic E-state index is 0.352. The van der Waals surface area contributed by atoms with Crippen molar-refractivity contribution >= 4 is 24.2 Å². The van der Waals surface area contributed by atoms with Gasteiger partial charge in [0.05, 0.1) is 14.2 Å². The molecule has 0 fully saturated rings. The minimum absolute atomic E-state index is 0.352. The van der Waals surface area contributed by atoms with Crippen molar-refractivity contribution in [2.24, 2.45) is 20.5 Å². The standard InChI is InChI=1S/C16H14N4O4/c1-23-15-7-11(3-5-13(15)19-17-9-21)12-4-6-14(20-18-10-22)16(8-12)24-2/h3-10H,1-2H3. The highest BCUT2D eigenvalue weighted by Gasteiger charge is 2.09. The lowest BCUT2D eigenvalue weighted by Gasteiger charge is -2.09. The van der Waals surface area contributed by atoms with Crippen LogP contribution in [0.4, 0.5) is 11.4 Å². The van der Waals surface area contributed by atoms with Crippen LogP contribution in [0.3, 0.4) is 0 Å². The second kappa shape index (κ2) is 8.28. The molecule has 0 radical (unpaired) electrons. The number of amides is 2. The summed E-state index contributed by atoms with van der Waals surface area (Å²) in [6.45, 7) is 0. The van der Waals surface area contributed by atoms with Gasteiger partial charge in [-0.3, -0.25) is 9.59 Å². The first-order chi connectivity index (χ1) is 11.7. The zero-order chi connectivity index (χ0) is 17.4. The van der Waals surface area contributed by atoms with Crippen LogP contribution in [0.1, 0.15) is 0 Å². The van der Waals surface area contributed by atoms with Crippen LogP contribution in [0.25, 0.3) is 11.1 Å². The SMILES string of the molecule is COc1cc(-c2ccc(N=NC=O)c(OC)c2)ccc1N=NC=O. The first-order valence-electron chi connectivity index (χ1n) is 6.79. The Morgan fingerprint density at radius 3 is 1.50 bits per heavy atom. The molecule has 24 heavy (non-hydrogen) atoms. The molecule has 0 aliphatic rings. The molecular weight excluding hydrogens is 312 g/mol. The molecule has 2 amide bonds. The summed E-state index contributed by atoms with van der Waals surface area (Å²) in [5.74, 6) is 0.948. The molecule has 0 bridgehead atoms. The van der Waals surface area contributed by atoms with Gasteiger partial charge in [0.2, 0.25) is 0 Å². The number of hydrogen-bond acceptors (Lipinski definition) is 6. The lowest BCUT2D eigenvalue weighted by molar-refractivity contribution is -0.107. The third-order valence-corrected chi connectivity index (χ3v) is 3.12. The molecule has 0 saturated heterocycles. The molecule has 0 aliphatic carbocycles. The van der Waals surface area contributed by atoms with Crippen LogP contribution in [0.5, 0.6) is 11.5 Å². The van der Waals surface area contributed by atoms with E-state index in [9.17, 15) is 9.59 Å². The fourth-order valence-electron chi connectivity index (χ4n) is 2.05. The van der Waals surface area contributed by atoms with Crippen LogP contribution < -0.4 is 9.47 Å². The molecule has 0 aliphatic heterocycles. The van der Waals surface area contributed by atoms with E-state index in [0.717, 1.165) is 11.1 Å². The van der Waals surface area contributed by atoms with Crippen LogP contribution in [-0.4, -0.2) is 27.0 Å². The summed E-state index contributed by atoms with van der Waals surface area (Å²) in [6, 6.07) is 10.5. The Morgan fingerprint density at radius 1 is 0.750 bits per heavy atom. The van der Waals surface area contributed by atoms with Crippen molar-refractivity contribution in [3.8, 4) is 22.6 Å². The van der Waals surface area contributed by atoms with E-state index < -0.39 is 0 Å². The highest BCUT2D eigenvalue weighted by atomic mass is 16.5. The summed E-state index contributed by atoms with van der Waals surface area (Å²) in [7, 11) is 3.01. The van der Waals surface area contributed by atoms with E-state index >= 15 is 0 Å².